The van der Waals surface area contributed by atoms with E-state index in [0.717, 1.165) is 19.5 Å². The first-order valence-corrected chi connectivity index (χ1v) is 8.09. The summed E-state index contributed by atoms with van der Waals surface area (Å²) in [6.45, 7) is 12.0. The van der Waals surface area contributed by atoms with Gasteiger partial charge in [0.05, 0.1) is 0 Å². The Labute approximate surface area is 125 Å². The summed E-state index contributed by atoms with van der Waals surface area (Å²) in [5.74, 6) is 0.318. The van der Waals surface area contributed by atoms with Gasteiger partial charge in [-0.15, -0.1) is 0 Å². The highest BCUT2D eigenvalue weighted by Gasteiger charge is 2.17. The molecule has 20 heavy (non-hydrogen) atoms. The lowest BCUT2D eigenvalue weighted by atomic mass is 10.1. The molecule has 0 spiro atoms. The number of rotatable bonds is 3. The zero-order valence-corrected chi connectivity index (χ0v) is 13.9. The normalized spacial score (nSPS) is 12.9. The van der Waals surface area contributed by atoms with E-state index in [1.54, 1.807) is 0 Å². The fourth-order valence-corrected chi connectivity index (χ4v) is 2.13. The SMILES string of the molecule is CC.CC.Cc1ccc(CCC(=O)N2CCCC2)cc1. The highest BCUT2D eigenvalue weighted by atomic mass is 16.2. The average Bonchev–Trinajstić information content (AvgIpc) is 3.05. The summed E-state index contributed by atoms with van der Waals surface area (Å²) in [7, 11) is 0. The predicted molar refractivity (Wildman–Crippen MR) is 88.0 cm³/mol. The van der Waals surface area contributed by atoms with Crippen LogP contribution in [0.1, 0.15) is 58.1 Å². The van der Waals surface area contributed by atoms with Crippen molar-refractivity contribution < 1.29 is 4.79 Å². The van der Waals surface area contributed by atoms with Gasteiger partial charge in [-0.3, -0.25) is 4.79 Å². The van der Waals surface area contributed by atoms with Crippen molar-refractivity contribution >= 4 is 5.91 Å². The standard InChI is InChI=1S/C14H19NO.2C2H6/c1-12-4-6-13(7-5-12)8-9-14(16)15-10-2-3-11-15;2*1-2/h4-7H,2-3,8-11H2,1H3;2*1-2H3. The first-order chi connectivity index (χ1) is 9.75. The van der Waals surface area contributed by atoms with Crippen LogP contribution in [0, 0.1) is 6.92 Å². The van der Waals surface area contributed by atoms with E-state index < -0.39 is 0 Å². The van der Waals surface area contributed by atoms with Crippen LogP contribution < -0.4 is 0 Å². The van der Waals surface area contributed by atoms with Crippen molar-refractivity contribution in [3.05, 3.63) is 35.4 Å². The third-order valence-electron chi connectivity index (χ3n) is 3.21. The largest absolute Gasteiger partial charge is 0.343 e. The van der Waals surface area contributed by atoms with Crippen molar-refractivity contribution in [2.24, 2.45) is 0 Å². The third-order valence-corrected chi connectivity index (χ3v) is 3.21. The molecule has 0 aliphatic carbocycles. The molecule has 1 saturated heterocycles. The van der Waals surface area contributed by atoms with Crippen molar-refractivity contribution in [3.63, 3.8) is 0 Å². The molecular weight excluding hydrogens is 246 g/mol. The van der Waals surface area contributed by atoms with E-state index in [2.05, 4.69) is 31.2 Å². The summed E-state index contributed by atoms with van der Waals surface area (Å²) < 4.78 is 0. The fraction of sp³-hybridized carbons (Fsp3) is 0.611. The van der Waals surface area contributed by atoms with Crippen molar-refractivity contribution in [2.45, 2.75) is 60.3 Å². The quantitative estimate of drug-likeness (QED) is 0.790. The minimum Gasteiger partial charge on any atom is -0.343 e. The number of amides is 1. The Bertz CT molecular complexity index is 350. The van der Waals surface area contributed by atoms with E-state index in [-0.39, 0.29) is 0 Å². The molecule has 1 aromatic carbocycles. The van der Waals surface area contributed by atoms with Crippen molar-refractivity contribution in [1.82, 2.24) is 4.90 Å². The summed E-state index contributed by atoms with van der Waals surface area (Å²) >= 11 is 0. The van der Waals surface area contributed by atoms with Crippen LogP contribution in [0.4, 0.5) is 0 Å². The molecule has 0 atom stereocenters. The number of benzene rings is 1. The lowest BCUT2D eigenvalue weighted by molar-refractivity contribution is -0.130. The molecule has 1 aliphatic heterocycles. The first-order valence-electron chi connectivity index (χ1n) is 8.09. The van der Waals surface area contributed by atoms with E-state index in [0.29, 0.717) is 12.3 Å². The van der Waals surface area contributed by atoms with E-state index in [1.165, 1.54) is 24.0 Å². The molecule has 1 aliphatic rings. The number of hydrogen-bond acceptors (Lipinski definition) is 1. The van der Waals surface area contributed by atoms with Gasteiger partial charge in [0, 0.05) is 19.5 Å². The lowest BCUT2D eigenvalue weighted by Gasteiger charge is -2.14. The fourth-order valence-electron chi connectivity index (χ4n) is 2.13. The predicted octanol–water partition coefficient (Wildman–Crippen LogP) is 4.60. The minimum atomic E-state index is 0.318. The molecule has 1 aromatic rings. The number of hydrogen-bond donors (Lipinski definition) is 0. The second-order valence-corrected chi connectivity index (χ2v) is 4.57. The molecule has 2 rings (SSSR count). The molecule has 0 radical (unpaired) electrons. The van der Waals surface area contributed by atoms with Gasteiger partial charge < -0.3 is 4.90 Å². The Morgan fingerprint density at radius 3 is 2.00 bits per heavy atom. The van der Waals surface area contributed by atoms with Crippen LogP contribution in [0.5, 0.6) is 0 Å². The Morgan fingerprint density at radius 2 is 1.50 bits per heavy atom. The number of likely N-dealkylation sites (tertiary alicyclic amines) is 1. The summed E-state index contributed by atoms with van der Waals surface area (Å²) in [6.07, 6.45) is 3.88. The zero-order chi connectivity index (χ0) is 15.4. The van der Waals surface area contributed by atoms with E-state index in [9.17, 15) is 4.79 Å². The maximum atomic E-state index is 11.8. The number of nitrogens with zero attached hydrogens (tertiary/aromatic N) is 1. The summed E-state index contributed by atoms with van der Waals surface area (Å²) in [4.78, 5) is 13.8. The molecule has 2 nitrogen and oxygen atoms in total. The van der Waals surface area contributed by atoms with Crippen LogP contribution in [0.3, 0.4) is 0 Å². The molecule has 1 fully saturated rings. The van der Waals surface area contributed by atoms with Crippen LogP contribution in [-0.2, 0) is 11.2 Å². The summed E-state index contributed by atoms with van der Waals surface area (Å²) in [5.41, 5.74) is 2.53. The van der Waals surface area contributed by atoms with Gasteiger partial charge in [0.1, 0.15) is 0 Å². The second kappa shape index (κ2) is 11.5. The van der Waals surface area contributed by atoms with Crippen molar-refractivity contribution in [2.75, 3.05) is 13.1 Å². The van der Waals surface area contributed by atoms with Gasteiger partial charge >= 0.3 is 0 Å². The highest BCUT2D eigenvalue weighted by Crippen LogP contribution is 2.11. The van der Waals surface area contributed by atoms with Crippen LogP contribution in [0.25, 0.3) is 0 Å². The van der Waals surface area contributed by atoms with Crippen LogP contribution in [-0.4, -0.2) is 23.9 Å². The number of aryl methyl sites for hydroxylation is 2. The molecule has 0 unspecified atom stereocenters. The van der Waals surface area contributed by atoms with E-state index in [1.807, 2.05) is 32.6 Å². The molecule has 1 amide bonds. The van der Waals surface area contributed by atoms with Gasteiger partial charge in [-0.05, 0) is 31.7 Å². The van der Waals surface area contributed by atoms with Gasteiger partial charge in [-0.2, -0.15) is 0 Å². The summed E-state index contributed by atoms with van der Waals surface area (Å²) in [5, 5.41) is 0. The number of carbonyl (C=O) groups excluding carboxylic acids is 1. The van der Waals surface area contributed by atoms with E-state index in [4.69, 9.17) is 0 Å². The Kier molecular flexibility index (Phi) is 10.8. The average molecular weight is 277 g/mol. The first kappa shape index (κ1) is 18.7. The topological polar surface area (TPSA) is 20.3 Å². The van der Waals surface area contributed by atoms with Gasteiger partial charge in [-0.1, -0.05) is 57.5 Å². The third kappa shape index (κ3) is 6.74. The molecule has 0 saturated carbocycles. The van der Waals surface area contributed by atoms with Gasteiger partial charge in [0.2, 0.25) is 5.91 Å². The molecular formula is C18H31NO. The second-order valence-electron chi connectivity index (χ2n) is 4.57. The lowest BCUT2D eigenvalue weighted by Crippen LogP contribution is -2.27. The molecule has 1 heterocycles. The van der Waals surface area contributed by atoms with Gasteiger partial charge in [-0.25, -0.2) is 0 Å². The van der Waals surface area contributed by atoms with Crippen LogP contribution >= 0.6 is 0 Å². The molecule has 0 bridgehead atoms. The minimum absolute atomic E-state index is 0.318. The number of carbonyl (C=O) groups is 1. The maximum absolute atomic E-state index is 11.8. The molecule has 114 valence electrons. The van der Waals surface area contributed by atoms with Gasteiger partial charge in [0.25, 0.3) is 0 Å². The Balaban J connectivity index is 0.000000829. The Hall–Kier alpha value is -1.31. The highest BCUT2D eigenvalue weighted by molar-refractivity contribution is 5.76. The smallest absolute Gasteiger partial charge is 0.222 e. The van der Waals surface area contributed by atoms with Crippen LogP contribution in [0.2, 0.25) is 0 Å². The molecule has 2 heteroatoms. The van der Waals surface area contributed by atoms with Crippen molar-refractivity contribution in [3.8, 4) is 0 Å². The Morgan fingerprint density at radius 1 is 1.00 bits per heavy atom. The van der Waals surface area contributed by atoms with Crippen molar-refractivity contribution in [1.29, 1.82) is 0 Å². The zero-order valence-electron chi connectivity index (χ0n) is 13.9. The maximum Gasteiger partial charge on any atom is 0.222 e. The van der Waals surface area contributed by atoms with E-state index >= 15 is 0 Å². The van der Waals surface area contributed by atoms with Gasteiger partial charge in [0.15, 0.2) is 0 Å². The monoisotopic (exact) mass is 277 g/mol. The molecule has 0 N–H and O–H groups in total. The summed E-state index contributed by atoms with van der Waals surface area (Å²) in [6, 6.07) is 8.45. The van der Waals surface area contributed by atoms with Crippen LogP contribution in [0.15, 0.2) is 24.3 Å². The molecule has 0 aromatic heterocycles.